The summed E-state index contributed by atoms with van der Waals surface area (Å²) >= 11 is 0. The van der Waals surface area contributed by atoms with Crippen LogP contribution in [0.2, 0.25) is 0 Å². The molecular formula is C6H7BFNO3. The van der Waals surface area contributed by atoms with Gasteiger partial charge in [0.1, 0.15) is 5.75 Å². The Morgan fingerprint density at radius 2 is 2.08 bits per heavy atom. The standard InChI is InChI=1S/C6H7BFNO3/c8-5-3-4(9)1-2-6(5)12-7(10)11/h1-3,10-11H,9H2. The predicted octanol–water partition coefficient (Wildman–Crippen LogP) is -0.244. The first-order valence-corrected chi connectivity index (χ1v) is 3.17. The van der Waals surface area contributed by atoms with Gasteiger partial charge in [-0.05, 0) is 12.1 Å². The fourth-order valence-corrected chi connectivity index (χ4v) is 0.726. The minimum Gasteiger partial charge on any atom is -0.510 e. The summed E-state index contributed by atoms with van der Waals surface area (Å²) in [5.41, 5.74) is 5.48. The van der Waals surface area contributed by atoms with Crippen molar-refractivity contribution in [1.82, 2.24) is 0 Å². The number of rotatable bonds is 2. The Balaban J connectivity index is 2.86. The molecule has 6 heteroatoms. The topological polar surface area (TPSA) is 75.7 Å². The number of hydrogen-bond acceptors (Lipinski definition) is 4. The minimum atomic E-state index is -2.02. The minimum absolute atomic E-state index is 0.243. The van der Waals surface area contributed by atoms with Crippen LogP contribution in [-0.2, 0) is 0 Å². The van der Waals surface area contributed by atoms with Crippen molar-refractivity contribution in [2.45, 2.75) is 0 Å². The van der Waals surface area contributed by atoms with Gasteiger partial charge in [0.25, 0.3) is 0 Å². The van der Waals surface area contributed by atoms with Gasteiger partial charge in [-0.1, -0.05) is 0 Å². The van der Waals surface area contributed by atoms with E-state index in [0.29, 0.717) is 0 Å². The molecule has 0 spiro atoms. The lowest BCUT2D eigenvalue weighted by molar-refractivity contribution is 0.282. The van der Waals surface area contributed by atoms with Gasteiger partial charge in [0, 0.05) is 11.8 Å². The van der Waals surface area contributed by atoms with E-state index in [9.17, 15) is 4.39 Å². The molecule has 0 aromatic heterocycles. The van der Waals surface area contributed by atoms with Crippen LogP contribution in [0.5, 0.6) is 5.75 Å². The Morgan fingerprint density at radius 1 is 1.42 bits per heavy atom. The summed E-state index contributed by atoms with van der Waals surface area (Å²) in [4.78, 5) is 0. The van der Waals surface area contributed by atoms with Crippen molar-refractivity contribution < 1.29 is 19.1 Å². The number of nitrogens with two attached hydrogens (primary N) is 1. The van der Waals surface area contributed by atoms with E-state index in [1.54, 1.807) is 0 Å². The maximum Gasteiger partial charge on any atom is 0.707 e. The summed E-state index contributed by atoms with van der Waals surface area (Å²) in [7, 11) is -2.02. The van der Waals surface area contributed by atoms with Gasteiger partial charge in [0.05, 0.1) is 0 Å². The monoisotopic (exact) mass is 171 g/mol. The normalized spacial score (nSPS) is 9.58. The summed E-state index contributed by atoms with van der Waals surface area (Å²) in [6.45, 7) is 0. The van der Waals surface area contributed by atoms with E-state index in [1.165, 1.54) is 12.1 Å². The Labute approximate surface area is 68.6 Å². The summed E-state index contributed by atoms with van der Waals surface area (Å²) in [5.74, 6) is -0.984. The zero-order valence-corrected chi connectivity index (χ0v) is 6.07. The first-order chi connectivity index (χ1) is 5.59. The first kappa shape index (κ1) is 8.83. The molecule has 1 rings (SSSR count). The van der Waals surface area contributed by atoms with Crippen molar-refractivity contribution in [3.8, 4) is 5.75 Å². The maximum atomic E-state index is 12.8. The highest BCUT2D eigenvalue weighted by atomic mass is 19.1. The number of hydrogen-bond donors (Lipinski definition) is 3. The predicted molar refractivity (Wildman–Crippen MR) is 41.6 cm³/mol. The first-order valence-electron chi connectivity index (χ1n) is 3.17. The molecule has 0 amide bonds. The van der Waals surface area contributed by atoms with E-state index in [4.69, 9.17) is 15.8 Å². The number of benzene rings is 1. The molecule has 0 fully saturated rings. The maximum absolute atomic E-state index is 12.8. The number of anilines is 1. The highest BCUT2D eigenvalue weighted by molar-refractivity contribution is 6.33. The van der Waals surface area contributed by atoms with Crippen LogP contribution in [0.3, 0.4) is 0 Å². The molecule has 1 aromatic rings. The Bertz CT molecular complexity index is 281. The summed E-state index contributed by atoms with van der Waals surface area (Å²) in [6, 6.07) is 3.63. The van der Waals surface area contributed by atoms with Crippen LogP contribution in [0.1, 0.15) is 0 Å². The second-order valence-corrected chi connectivity index (χ2v) is 2.13. The van der Waals surface area contributed by atoms with Crippen LogP contribution in [-0.4, -0.2) is 17.4 Å². The summed E-state index contributed by atoms with van der Waals surface area (Å²) < 4.78 is 17.1. The third-order valence-electron chi connectivity index (χ3n) is 1.19. The Hall–Kier alpha value is -1.27. The van der Waals surface area contributed by atoms with Crippen LogP contribution >= 0.6 is 0 Å². The van der Waals surface area contributed by atoms with E-state index in [1.807, 2.05) is 0 Å². The van der Waals surface area contributed by atoms with Gasteiger partial charge in [-0.15, -0.1) is 0 Å². The van der Waals surface area contributed by atoms with Crippen molar-refractivity contribution >= 4 is 13.0 Å². The molecule has 0 aliphatic carbocycles. The molecule has 12 heavy (non-hydrogen) atoms. The second kappa shape index (κ2) is 3.42. The molecule has 0 saturated carbocycles. The van der Waals surface area contributed by atoms with Gasteiger partial charge in [-0.25, -0.2) is 4.39 Å². The highest BCUT2D eigenvalue weighted by Gasteiger charge is 2.14. The van der Waals surface area contributed by atoms with Crippen LogP contribution < -0.4 is 10.4 Å². The van der Waals surface area contributed by atoms with Crippen molar-refractivity contribution in [2.24, 2.45) is 0 Å². The highest BCUT2D eigenvalue weighted by Crippen LogP contribution is 2.19. The number of halogens is 1. The lowest BCUT2D eigenvalue weighted by atomic mass is 10.2. The molecule has 0 unspecified atom stereocenters. The molecule has 4 N–H and O–H groups in total. The van der Waals surface area contributed by atoms with Gasteiger partial charge >= 0.3 is 7.32 Å². The Kier molecular flexibility index (Phi) is 2.52. The molecule has 64 valence electrons. The molecular weight excluding hydrogens is 164 g/mol. The van der Waals surface area contributed by atoms with Crippen LogP contribution in [0.4, 0.5) is 10.1 Å². The molecule has 1 aromatic carbocycles. The molecule has 4 nitrogen and oxygen atoms in total. The lowest BCUT2D eigenvalue weighted by Gasteiger charge is -2.05. The molecule has 0 aliphatic heterocycles. The molecule has 0 saturated heterocycles. The average molecular weight is 171 g/mol. The molecule has 0 heterocycles. The summed E-state index contributed by atoms with van der Waals surface area (Å²) in [5, 5.41) is 16.7. The molecule has 0 atom stereocenters. The van der Waals surface area contributed by atoms with E-state index < -0.39 is 13.1 Å². The third kappa shape index (κ3) is 2.11. The van der Waals surface area contributed by atoms with Crippen molar-refractivity contribution in [2.75, 3.05) is 5.73 Å². The fraction of sp³-hybridized carbons (Fsp3) is 0. The fourth-order valence-electron chi connectivity index (χ4n) is 0.726. The molecule has 0 radical (unpaired) electrons. The zero-order valence-electron chi connectivity index (χ0n) is 6.07. The van der Waals surface area contributed by atoms with Crippen LogP contribution in [0.15, 0.2) is 18.2 Å². The van der Waals surface area contributed by atoms with Crippen molar-refractivity contribution in [1.29, 1.82) is 0 Å². The largest absolute Gasteiger partial charge is 0.707 e. The SMILES string of the molecule is Nc1ccc(OB(O)O)c(F)c1. The van der Waals surface area contributed by atoms with Crippen molar-refractivity contribution in [3.63, 3.8) is 0 Å². The second-order valence-electron chi connectivity index (χ2n) is 2.13. The molecule has 0 bridgehead atoms. The van der Waals surface area contributed by atoms with Gasteiger partial charge in [0.2, 0.25) is 0 Å². The van der Waals surface area contributed by atoms with Crippen LogP contribution in [0, 0.1) is 5.82 Å². The third-order valence-corrected chi connectivity index (χ3v) is 1.19. The van der Waals surface area contributed by atoms with E-state index in [-0.39, 0.29) is 11.4 Å². The quantitative estimate of drug-likeness (QED) is 0.423. The van der Waals surface area contributed by atoms with Gasteiger partial charge in [0.15, 0.2) is 5.82 Å². The zero-order chi connectivity index (χ0) is 9.14. The van der Waals surface area contributed by atoms with Gasteiger partial charge in [-0.2, -0.15) is 0 Å². The summed E-state index contributed by atoms with van der Waals surface area (Å²) in [6.07, 6.45) is 0. The van der Waals surface area contributed by atoms with Gasteiger partial charge in [-0.3, -0.25) is 0 Å². The van der Waals surface area contributed by atoms with E-state index in [2.05, 4.69) is 4.65 Å². The smallest absolute Gasteiger partial charge is 0.510 e. The van der Waals surface area contributed by atoms with Gasteiger partial charge < -0.3 is 20.4 Å². The van der Waals surface area contributed by atoms with E-state index in [0.717, 1.165) is 6.07 Å². The average Bonchev–Trinajstić information content (AvgIpc) is 1.94. The Morgan fingerprint density at radius 3 is 2.58 bits per heavy atom. The van der Waals surface area contributed by atoms with Crippen LogP contribution in [0.25, 0.3) is 0 Å². The van der Waals surface area contributed by atoms with E-state index >= 15 is 0 Å². The molecule has 0 aliphatic rings. The lowest BCUT2D eigenvalue weighted by Crippen LogP contribution is -2.21. The number of nitrogen functional groups attached to an aromatic ring is 1. The van der Waals surface area contributed by atoms with Crippen molar-refractivity contribution in [3.05, 3.63) is 24.0 Å².